The number of hydrogen-bond acceptors (Lipinski definition) is 6. The summed E-state index contributed by atoms with van der Waals surface area (Å²) in [4.78, 5) is 5.78. The Labute approximate surface area is 164 Å². The minimum atomic E-state index is -3.47. The highest BCUT2D eigenvalue weighted by Crippen LogP contribution is 2.31. The van der Waals surface area contributed by atoms with E-state index in [4.69, 9.17) is 4.52 Å². The van der Waals surface area contributed by atoms with E-state index >= 15 is 0 Å². The smallest absolute Gasteiger partial charge is 0.243 e. The molecule has 9 heteroatoms. The van der Waals surface area contributed by atoms with Gasteiger partial charge in [-0.3, -0.25) is 0 Å². The molecule has 1 saturated heterocycles. The van der Waals surface area contributed by atoms with Crippen LogP contribution in [-0.4, -0.2) is 36.0 Å². The molecule has 6 nitrogen and oxygen atoms in total. The predicted octanol–water partition coefficient (Wildman–Crippen LogP) is 4.13. The molecule has 2 aromatic heterocycles. The van der Waals surface area contributed by atoms with Gasteiger partial charge in [-0.05, 0) is 48.6 Å². The van der Waals surface area contributed by atoms with Gasteiger partial charge in [-0.2, -0.15) is 9.29 Å². The fourth-order valence-corrected chi connectivity index (χ4v) is 5.39. The minimum Gasteiger partial charge on any atom is -0.339 e. The molecule has 0 radical (unpaired) electrons. The molecule has 1 aliphatic heterocycles. The second-order valence-electron chi connectivity index (χ2n) is 6.07. The van der Waals surface area contributed by atoms with Crippen LogP contribution in [-0.2, 0) is 10.0 Å². The van der Waals surface area contributed by atoms with Gasteiger partial charge in [-0.25, -0.2) is 8.42 Å². The third-order valence-corrected chi connectivity index (χ3v) is 7.75. The van der Waals surface area contributed by atoms with Crippen molar-refractivity contribution in [2.24, 2.45) is 0 Å². The molecule has 3 aromatic rings. The highest BCUT2D eigenvalue weighted by molar-refractivity contribution is 9.10. The van der Waals surface area contributed by atoms with Crippen molar-refractivity contribution < 1.29 is 12.9 Å². The van der Waals surface area contributed by atoms with E-state index in [0.29, 0.717) is 42.5 Å². The Hall–Kier alpha value is -1.55. The van der Waals surface area contributed by atoms with Gasteiger partial charge in [0, 0.05) is 23.5 Å². The molecule has 26 heavy (non-hydrogen) atoms. The second kappa shape index (κ2) is 7.22. The first-order chi connectivity index (χ1) is 12.5. The Kier molecular flexibility index (Phi) is 4.96. The maximum atomic E-state index is 12.8. The Bertz CT molecular complexity index is 977. The average molecular weight is 454 g/mol. The number of thiophene rings is 1. The predicted molar refractivity (Wildman–Crippen MR) is 102 cm³/mol. The molecule has 3 heterocycles. The fourth-order valence-electron chi connectivity index (χ4n) is 3.01. The monoisotopic (exact) mass is 453 g/mol. The molecule has 0 aliphatic carbocycles. The molecule has 0 unspecified atom stereocenters. The van der Waals surface area contributed by atoms with Gasteiger partial charge in [-0.1, -0.05) is 27.2 Å². The summed E-state index contributed by atoms with van der Waals surface area (Å²) in [7, 11) is -3.47. The minimum absolute atomic E-state index is 0.0904. The summed E-state index contributed by atoms with van der Waals surface area (Å²) >= 11 is 4.89. The van der Waals surface area contributed by atoms with Crippen molar-refractivity contribution in [1.82, 2.24) is 14.4 Å². The zero-order valence-electron chi connectivity index (χ0n) is 13.7. The molecular weight excluding hydrogens is 438 g/mol. The summed E-state index contributed by atoms with van der Waals surface area (Å²) in [6, 6.07) is 10.6. The summed E-state index contributed by atoms with van der Waals surface area (Å²) in [5.41, 5.74) is 0. The summed E-state index contributed by atoms with van der Waals surface area (Å²) in [6.07, 6.45) is 1.34. The fraction of sp³-hybridized carbons (Fsp3) is 0.294. The van der Waals surface area contributed by atoms with E-state index in [1.54, 1.807) is 35.6 Å². The number of sulfonamides is 1. The van der Waals surface area contributed by atoms with Crippen molar-refractivity contribution in [2.75, 3.05) is 13.1 Å². The van der Waals surface area contributed by atoms with Crippen molar-refractivity contribution in [2.45, 2.75) is 23.7 Å². The lowest BCUT2D eigenvalue weighted by atomic mass is 9.98. The molecule has 0 bridgehead atoms. The van der Waals surface area contributed by atoms with Gasteiger partial charge in [0.25, 0.3) is 0 Å². The Morgan fingerprint density at radius 1 is 1.15 bits per heavy atom. The number of nitrogens with zero attached hydrogens (tertiary/aromatic N) is 3. The molecule has 1 fully saturated rings. The van der Waals surface area contributed by atoms with Crippen molar-refractivity contribution >= 4 is 37.3 Å². The van der Waals surface area contributed by atoms with Crippen molar-refractivity contribution in [3.63, 3.8) is 0 Å². The third-order valence-electron chi connectivity index (χ3n) is 4.44. The van der Waals surface area contributed by atoms with Crippen LogP contribution in [0.25, 0.3) is 10.7 Å². The van der Waals surface area contributed by atoms with Gasteiger partial charge in [0.05, 0.1) is 9.77 Å². The molecule has 0 spiro atoms. The number of rotatable bonds is 4. The Morgan fingerprint density at radius 3 is 2.54 bits per heavy atom. The van der Waals surface area contributed by atoms with E-state index in [1.165, 1.54) is 4.31 Å². The van der Waals surface area contributed by atoms with E-state index in [1.807, 2.05) is 17.5 Å². The van der Waals surface area contributed by atoms with Gasteiger partial charge < -0.3 is 4.52 Å². The number of hydrogen-bond donors (Lipinski definition) is 0. The summed E-state index contributed by atoms with van der Waals surface area (Å²) in [5.74, 6) is 1.28. The maximum absolute atomic E-state index is 12.8. The third kappa shape index (κ3) is 3.48. The molecule has 1 aromatic carbocycles. The normalized spacial score (nSPS) is 16.8. The van der Waals surface area contributed by atoms with Gasteiger partial charge in [-0.15, -0.1) is 11.3 Å². The topological polar surface area (TPSA) is 76.3 Å². The lowest BCUT2D eigenvalue weighted by Crippen LogP contribution is -2.37. The van der Waals surface area contributed by atoms with Crippen molar-refractivity contribution in [3.05, 3.63) is 52.1 Å². The van der Waals surface area contributed by atoms with E-state index < -0.39 is 10.0 Å². The van der Waals surface area contributed by atoms with Crippen molar-refractivity contribution in [3.8, 4) is 10.7 Å². The van der Waals surface area contributed by atoms with E-state index in [-0.39, 0.29) is 5.92 Å². The van der Waals surface area contributed by atoms with Crippen molar-refractivity contribution in [1.29, 1.82) is 0 Å². The molecule has 0 saturated carbocycles. The molecule has 4 rings (SSSR count). The molecule has 0 N–H and O–H groups in total. The largest absolute Gasteiger partial charge is 0.339 e. The van der Waals surface area contributed by atoms with Gasteiger partial charge in [0.1, 0.15) is 0 Å². The van der Waals surface area contributed by atoms with Crippen LogP contribution in [0.4, 0.5) is 0 Å². The van der Waals surface area contributed by atoms with E-state index in [2.05, 4.69) is 26.1 Å². The maximum Gasteiger partial charge on any atom is 0.243 e. The number of halogens is 1. The lowest BCUT2D eigenvalue weighted by molar-refractivity contribution is 0.271. The van der Waals surface area contributed by atoms with Crippen LogP contribution in [0.3, 0.4) is 0 Å². The zero-order valence-corrected chi connectivity index (χ0v) is 16.9. The number of benzene rings is 1. The van der Waals surface area contributed by atoms with Crippen LogP contribution in [0.5, 0.6) is 0 Å². The highest BCUT2D eigenvalue weighted by atomic mass is 79.9. The molecule has 1 aliphatic rings. The zero-order chi connectivity index (χ0) is 18.1. The Balaban J connectivity index is 1.45. The SMILES string of the molecule is O=S(=O)(c1ccc(Br)cc1)N1CCC(c2nc(-c3cccs3)no2)CC1. The number of piperidine rings is 1. The molecule has 0 amide bonds. The van der Waals surface area contributed by atoms with Crippen LogP contribution >= 0.6 is 27.3 Å². The molecule has 0 atom stereocenters. The molecule has 136 valence electrons. The molecular formula is C17H16BrN3O3S2. The number of aromatic nitrogens is 2. The lowest BCUT2D eigenvalue weighted by Gasteiger charge is -2.29. The van der Waals surface area contributed by atoms with Crippen LogP contribution in [0.15, 0.2) is 55.7 Å². The second-order valence-corrected chi connectivity index (χ2v) is 9.87. The van der Waals surface area contributed by atoms with Gasteiger partial charge >= 0.3 is 0 Å². The average Bonchev–Trinajstić information content (AvgIpc) is 3.34. The van der Waals surface area contributed by atoms with Gasteiger partial charge in [0.15, 0.2) is 0 Å². The summed E-state index contributed by atoms with van der Waals surface area (Å²) in [5, 5.41) is 6.01. The van der Waals surface area contributed by atoms with Crippen LogP contribution < -0.4 is 0 Å². The van der Waals surface area contributed by atoms with Crippen LogP contribution in [0.1, 0.15) is 24.7 Å². The first-order valence-electron chi connectivity index (χ1n) is 8.17. The van der Waals surface area contributed by atoms with Crippen LogP contribution in [0.2, 0.25) is 0 Å². The van der Waals surface area contributed by atoms with E-state index in [0.717, 1.165) is 9.35 Å². The Morgan fingerprint density at radius 2 is 1.88 bits per heavy atom. The van der Waals surface area contributed by atoms with Crippen LogP contribution in [0, 0.1) is 0 Å². The van der Waals surface area contributed by atoms with E-state index in [9.17, 15) is 8.42 Å². The summed E-state index contributed by atoms with van der Waals surface area (Å²) < 4.78 is 33.3. The quantitative estimate of drug-likeness (QED) is 0.593. The standard InChI is InChI=1S/C17H16BrN3O3S2/c18-13-3-5-14(6-4-13)26(22,23)21-9-7-12(8-10-21)17-19-16(20-24-17)15-2-1-11-25-15/h1-6,11-12H,7-10H2. The first-order valence-corrected chi connectivity index (χ1v) is 11.3. The van der Waals surface area contributed by atoms with Gasteiger partial charge in [0.2, 0.25) is 21.7 Å². The first kappa shape index (κ1) is 17.8. The highest BCUT2D eigenvalue weighted by Gasteiger charge is 2.32. The summed E-state index contributed by atoms with van der Waals surface area (Å²) in [6.45, 7) is 0.888.